The normalized spacial score (nSPS) is 24.1. The minimum atomic E-state index is -2.87. The van der Waals surface area contributed by atoms with E-state index >= 15 is 0 Å². The van der Waals surface area contributed by atoms with Crippen molar-refractivity contribution in [3.05, 3.63) is 35.9 Å². The van der Waals surface area contributed by atoms with Crippen LogP contribution in [0.1, 0.15) is 32.4 Å². The molecule has 2 unspecified atom stereocenters. The SMILES string of the molecule is CC(C)NCC(c1ccccc1)N1CCS(=O)(=O)CC1C. The summed E-state index contributed by atoms with van der Waals surface area (Å²) in [7, 11) is -2.87. The first-order valence-electron chi connectivity index (χ1n) is 7.63. The third kappa shape index (κ3) is 4.53. The van der Waals surface area contributed by atoms with Gasteiger partial charge in [0.05, 0.1) is 11.5 Å². The Kier molecular flexibility index (Phi) is 5.41. The van der Waals surface area contributed by atoms with Crippen LogP contribution in [-0.2, 0) is 9.84 Å². The Bertz CT molecular complexity index is 543. The quantitative estimate of drug-likeness (QED) is 0.902. The Morgan fingerprint density at radius 1 is 1.29 bits per heavy atom. The van der Waals surface area contributed by atoms with Crippen LogP contribution in [0.5, 0.6) is 0 Å². The second-order valence-corrected chi connectivity index (χ2v) is 8.42. The van der Waals surface area contributed by atoms with Crippen molar-refractivity contribution in [2.24, 2.45) is 0 Å². The van der Waals surface area contributed by atoms with Crippen LogP contribution in [0, 0.1) is 0 Å². The van der Waals surface area contributed by atoms with Crippen LogP contribution in [-0.4, -0.2) is 50.0 Å². The zero-order valence-electron chi connectivity index (χ0n) is 13.1. The Morgan fingerprint density at radius 3 is 2.52 bits per heavy atom. The topological polar surface area (TPSA) is 49.4 Å². The minimum Gasteiger partial charge on any atom is -0.313 e. The van der Waals surface area contributed by atoms with Crippen molar-refractivity contribution in [3.8, 4) is 0 Å². The average molecular weight is 310 g/mol. The molecule has 118 valence electrons. The van der Waals surface area contributed by atoms with Gasteiger partial charge in [-0.2, -0.15) is 0 Å². The molecule has 21 heavy (non-hydrogen) atoms. The van der Waals surface area contributed by atoms with E-state index in [1.807, 2.05) is 25.1 Å². The van der Waals surface area contributed by atoms with Gasteiger partial charge in [-0.05, 0) is 12.5 Å². The largest absolute Gasteiger partial charge is 0.313 e. The zero-order chi connectivity index (χ0) is 15.5. The Labute approximate surface area is 128 Å². The molecular weight excluding hydrogens is 284 g/mol. The summed E-state index contributed by atoms with van der Waals surface area (Å²) >= 11 is 0. The van der Waals surface area contributed by atoms with Crippen LogP contribution in [0.2, 0.25) is 0 Å². The van der Waals surface area contributed by atoms with Crippen molar-refractivity contribution in [3.63, 3.8) is 0 Å². The highest BCUT2D eigenvalue weighted by molar-refractivity contribution is 7.91. The molecule has 0 aromatic heterocycles. The first-order chi connectivity index (χ1) is 9.89. The van der Waals surface area contributed by atoms with E-state index in [2.05, 4.69) is 36.2 Å². The van der Waals surface area contributed by atoms with Crippen LogP contribution in [0.3, 0.4) is 0 Å². The third-order valence-electron chi connectivity index (χ3n) is 4.03. The van der Waals surface area contributed by atoms with E-state index in [9.17, 15) is 8.42 Å². The lowest BCUT2D eigenvalue weighted by Gasteiger charge is -2.40. The molecule has 2 atom stereocenters. The molecule has 0 bridgehead atoms. The van der Waals surface area contributed by atoms with Crippen LogP contribution >= 0.6 is 0 Å². The molecule has 5 heteroatoms. The van der Waals surface area contributed by atoms with Gasteiger partial charge in [0.2, 0.25) is 0 Å². The summed E-state index contributed by atoms with van der Waals surface area (Å²) in [6.07, 6.45) is 0. The van der Waals surface area contributed by atoms with E-state index in [1.54, 1.807) is 0 Å². The summed E-state index contributed by atoms with van der Waals surface area (Å²) in [5, 5.41) is 3.49. The maximum atomic E-state index is 11.8. The molecule has 1 fully saturated rings. The fourth-order valence-corrected chi connectivity index (χ4v) is 4.51. The first-order valence-corrected chi connectivity index (χ1v) is 9.45. The van der Waals surface area contributed by atoms with Gasteiger partial charge in [-0.15, -0.1) is 0 Å². The highest BCUT2D eigenvalue weighted by Gasteiger charge is 2.33. The zero-order valence-corrected chi connectivity index (χ0v) is 13.9. The molecular formula is C16H26N2O2S. The fourth-order valence-electron chi connectivity index (χ4n) is 2.92. The molecule has 0 aliphatic carbocycles. The molecule has 1 N–H and O–H groups in total. The van der Waals surface area contributed by atoms with Crippen molar-refractivity contribution in [2.45, 2.75) is 38.9 Å². The van der Waals surface area contributed by atoms with Crippen molar-refractivity contribution in [1.82, 2.24) is 10.2 Å². The second-order valence-electron chi connectivity index (χ2n) is 6.19. The van der Waals surface area contributed by atoms with E-state index in [4.69, 9.17) is 0 Å². The lowest BCUT2D eigenvalue weighted by Crippen LogP contribution is -2.50. The van der Waals surface area contributed by atoms with E-state index in [0.717, 1.165) is 6.54 Å². The van der Waals surface area contributed by atoms with Gasteiger partial charge in [-0.25, -0.2) is 8.42 Å². The number of rotatable bonds is 5. The summed E-state index contributed by atoms with van der Waals surface area (Å²) < 4.78 is 23.6. The van der Waals surface area contributed by atoms with E-state index in [-0.39, 0.29) is 23.6 Å². The standard InChI is InChI=1S/C16H26N2O2S/c1-13(2)17-11-16(15-7-5-4-6-8-15)18-9-10-21(19,20)12-14(18)3/h4-8,13-14,16-17H,9-12H2,1-3H3. The van der Waals surface area contributed by atoms with Gasteiger partial charge in [-0.1, -0.05) is 44.2 Å². The molecule has 1 aliphatic rings. The number of hydrogen-bond donors (Lipinski definition) is 1. The van der Waals surface area contributed by atoms with Crippen molar-refractivity contribution >= 4 is 9.84 Å². The summed E-state index contributed by atoms with van der Waals surface area (Å²) in [5.74, 6) is 0.528. The molecule has 0 spiro atoms. The molecule has 0 amide bonds. The van der Waals surface area contributed by atoms with E-state index in [0.29, 0.717) is 12.6 Å². The number of hydrogen-bond acceptors (Lipinski definition) is 4. The summed E-state index contributed by atoms with van der Waals surface area (Å²) in [6.45, 7) is 7.73. The predicted octanol–water partition coefficient (Wildman–Crippen LogP) is 1.84. The number of benzene rings is 1. The van der Waals surface area contributed by atoms with Crippen LogP contribution in [0.15, 0.2) is 30.3 Å². The van der Waals surface area contributed by atoms with Gasteiger partial charge < -0.3 is 5.32 Å². The molecule has 0 radical (unpaired) electrons. The van der Waals surface area contributed by atoms with Gasteiger partial charge in [0.15, 0.2) is 9.84 Å². The van der Waals surface area contributed by atoms with Crippen molar-refractivity contribution in [2.75, 3.05) is 24.6 Å². The molecule has 0 saturated carbocycles. The van der Waals surface area contributed by atoms with E-state index in [1.165, 1.54) is 5.56 Å². The maximum absolute atomic E-state index is 11.8. The summed E-state index contributed by atoms with van der Waals surface area (Å²) in [6, 6.07) is 11.1. The van der Waals surface area contributed by atoms with Crippen LogP contribution in [0.4, 0.5) is 0 Å². The van der Waals surface area contributed by atoms with Gasteiger partial charge in [-0.3, -0.25) is 4.90 Å². The molecule has 1 saturated heterocycles. The highest BCUT2D eigenvalue weighted by atomic mass is 32.2. The summed E-state index contributed by atoms with van der Waals surface area (Å²) in [4.78, 5) is 2.33. The van der Waals surface area contributed by atoms with Crippen LogP contribution in [0.25, 0.3) is 0 Å². The van der Waals surface area contributed by atoms with Gasteiger partial charge in [0.1, 0.15) is 0 Å². The Morgan fingerprint density at radius 2 is 1.95 bits per heavy atom. The first kappa shape index (κ1) is 16.5. The van der Waals surface area contributed by atoms with Crippen molar-refractivity contribution < 1.29 is 8.42 Å². The molecule has 4 nitrogen and oxygen atoms in total. The lowest BCUT2D eigenvalue weighted by atomic mass is 10.0. The van der Waals surface area contributed by atoms with E-state index < -0.39 is 9.84 Å². The monoisotopic (exact) mass is 310 g/mol. The highest BCUT2D eigenvalue weighted by Crippen LogP contribution is 2.25. The number of nitrogens with zero attached hydrogens (tertiary/aromatic N) is 1. The summed E-state index contributed by atoms with van der Waals surface area (Å²) in [5.41, 5.74) is 1.25. The Hall–Kier alpha value is -0.910. The average Bonchev–Trinajstić information content (AvgIpc) is 2.41. The van der Waals surface area contributed by atoms with Gasteiger partial charge in [0.25, 0.3) is 0 Å². The number of nitrogens with one attached hydrogen (secondary N) is 1. The second kappa shape index (κ2) is 6.90. The predicted molar refractivity (Wildman–Crippen MR) is 87.1 cm³/mol. The fraction of sp³-hybridized carbons (Fsp3) is 0.625. The molecule has 1 heterocycles. The molecule has 1 aliphatic heterocycles. The smallest absolute Gasteiger partial charge is 0.153 e. The third-order valence-corrected chi connectivity index (χ3v) is 5.82. The van der Waals surface area contributed by atoms with Gasteiger partial charge >= 0.3 is 0 Å². The molecule has 1 aromatic rings. The Balaban J connectivity index is 2.19. The molecule has 2 rings (SSSR count). The lowest BCUT2D eigenvalue weighted by molar-refractivity contribution is 0.152. The number of sulfone groups is 1. The van der Waals surface area contributed by atoms with Crippen molar-refractivity contribution in [1.29, 1.82) is 0 Å². The molecule has 1 aromatic carbocycles. The maximum Gasteiger partial charge on any atom is 0.153 e. The minimum absolute atomic E-state index is 0.0583. The van der Waals surface area contributed by atoms with Crippen LogP contribution < -0.4 is 5.32 Å². The van der Waals surface area contributed by atoms with Gasteiger partial charge in [0, 0.05) is 31.2 Å².